The van der Waals surface area contributed by atoms with E-state index < -0.39 is 21.5 Å². The number of non-ortho nitro benzene ring substituents is 1. The van der Waals surface area contributed by atoms with Crippen molar-refractivity contribution in [3.05, 3.63) is 64.7 Å². The van der Waals surface area contributed by atoms with Crippen LogP contribution in [-0.2, 0) is 14.8 Å². The van der Waals surface area contributed by atoms with Crippen molar-refractivity contribution in [1.29, 1.82) is 0 Å². The molecule has 3 rings (SSSR count). The molecular weight excluding hydrogens is 370 g/mol. The maximum absolute atomic E-state index is 13.1. The van der Waals surface area contributed by atoms with Crippen LogP contribution in [0.5, 0.6) is 0 Å². The molecule has 0 aliphatic carbocycles. The van der Waals surface area contributed by atoms with Crippen LogP contribution in [0.4, 0.5) is 11.4 Å². The third-order valence-corrected chi connectivity index (χ3v) is 6.19. The van der Waals surface area contributed by atoms with Gasteiger partial charge in [0.25, 0.3) is 15.7 Å². The van der Waals surface area contributed by atoms with E-state index >= 15 is 0 Å². The Morgan fingerprint density at radius 2 is 1.74 bits per heavy atom. The minimum absolute atomic E-state index is 0.0192. The lowest BCUT2D eigenvalue weighted by molar-refractivity contribution is -0.384. The molecule has 9 heteroatoms. The first-order chi connectivity index (χ1) is 12.9. The lowest BCUT2D eigenvalue weighted by Gasteiger charge is -2.26. The van der Waals surface area contributed by atoms with E-state index in [2.05, 4.69) is 0 Å². The van der Waals surface area contributed by atoms with Crippen molar-refractivity contribution in [2.24, 2.45) is 0 Å². The molecule has 0 aromatic heterocycles. The number of nitro groups is 1. The number of nitro benzene ring substituents is 1. The number of amides is 1. The van der Waals surface area contributed by atoms with Crippen molar-refractivity contribution in [3.8, 4) is 0 Å². The van der Waals surface area contributed by atoms with E-state index in [1.165, 1.54) is 30.3 Å². The molecule has 1 amide bonds. The Hall–Kier alpha value is -2.94. The predicted molar refractivity (Wildman–Crippen MR) is 99.9 cm³/mol. The van der Waals surface area contributed by atoms with Gasteiger partial charge in [0.15, 0.2) is 0 Å². The fraction of sp³-hybridized carbons (Fsp3) is 0.278. The summed E-state index contributed by atoms with van der Waals surface area (Å²) in [5, 5.41) is 11.1. The molecule has 8 nitrogen and oxygen atoms in total. The number of carbonyl (C=O) groups excluding carboxylic acids is 1. The highest BCUT2D eigenvalue weighted by Crippen LogP contribution is 2.27. The monoisotopic (exact) mass is 389 g/mol. The maximum Gasteiger partial charge on any atom is 0.271 e. The van der Waals surface area contributed by atoms with Gasteiger partial charge in [0, 0.05) is 25.2 Å². The number of hydrogen-bond donors (Lipinski definition) is 0. The summed E-state index contributed by atoms with van der Waals surface area (Å²) < 4.78 is 27.2. The molecule has 0 spiro atoms. The summed E-state index contributed by atoms with van der Waals surface area (Å²) in [6.45, 7) is 0.776. The van der Waals surface area contributed by atoms with Gasteiger partial charge in [0.1, 0.15) is 6.54 Å². The number of sulfonamides is 1. The molecule has 0 atom stereocenters. The molecule has 1 aliphatic rings. The first-order valence-corrected chi connectivity index (χ1v) is 9.93. The van der Waals surface area contributed by atoms with Gasteiger partial charge >= 0.3 is 0 Å². The molecule has 1 saturated heterocycles. The van der Waals surface area contributed by atoms with Gasteiger partial charge in [-0.3, -0.25) is 19.2 Å². The summed E-state index contributed by atoms with van der Waals surface area (Å²) >= 11 is 0. The van der Waals surface area contributed by atoms with Crippen LogP contribution in [0.2, 0.25) is 0 Å². The van der Waals surface area contributed by atoms with Crippen molar-refractivity contribution in [3.63, 3.8) is 0 Å². The molecule has 2 aromatic rings. The van der Waals surface area contributed by atoms with Crippen molar-refractivity contribution in [2.45, 2.75) is 17.7 Å². The Morgan fingerprint density at radius 3 is 2.37 bits per heavy atom. The van der Waals surface area contributed by atoms with Gasteiger partial charge in [0.05, 0.1) is 15.5 Å². The van der Waals surface area contributed by atoms with Gasteiger partial charge in [-0.15, -0.1) is 0 Å². The summed E-state index contributed by atoms with van der Waals surface area (Å²) in [4.78, 5) is 24.7. The van der Waals surface area contributed by atoms with E-state index in [-0.39, 0.29) is 22.2 Å². The van der Waals surface area contributed by atoms with E-state index in [1.807, 2.05) is 0 Å². The molecule has 0 radical (unpaired) electrons. The third kappa shape index (κ3) is 4.08. The fourth-order valence-corrected chi connectivity index (χ4v) is 4.41. The van der Waals surface area contributed by atoms with Crippen molar-refractivity contribution in [1.82, 2.24) is 4.90 Å². The lowest BCUT2D eigenvalue weighted by Crippen LogP contribution is -2.42. The van der Waals surface area contributed by atoms with Gasteiger partial charge in [-0.1, -0.05) is 24.3 Å². The zero-order valence-corrected chi connectivity index (χ0v) is 15.3. The lowest BCUT2D eigenvalue weighted by atomic mass is 10.3. The van der Waals surface area contributed by atoms with Gasteiger partial charge in [0.2, 0.25) is 5.91 Å². The molecule has 1 fully saturated rings. The van der Waals surface area contributed by atoms with Gasteiger partial charge < -0.3 is 4.90 Å². The zero-order chi connectivity index (χ0) is 19.4. The number of nitrogens with zero attached hydrogens (tertiary/aromatic N) is 3. The highest BCUT2D eigenvalue weighted by atomic mass is 32.2. The highest BCUT2D eigenvalue weighted by Gasteiger charge is 2.30. The van der Waals surface area contributed by atoms with E-state index in [9.17, 15) is 23.3 Å². The van der Waals surface area contributed by atoms with E-state index in [1.54, 1.807) is 23.1 Å². The van der Waals surface area contributed by atoms with Crippen LogP contribution in [0.25, 0.3) is 0 Å². The summed E-state index contributed by atoms with van der Waals surface area (Å²) in [7, 11) is -4.06. The number of hydrogen-bond acceptors (Lipinski definition) is 5. The summed E-state index contributed by atoms with van der Waals surface area (Å²) in [6.07, 6.45) is 1.77. The standard InChI is InChI=1S/C18H19N3O5S/c22-18(19-11-4-5-12-19)14-20(15-7-6-8-16(13-15)21(23)24)27(25,26)17-9-2-1-3-10-17/h1-3,6-10,13H,4-5,11-12,14H2. The van der Waals surface area contributed by atoms with Gasteiger partial charge in [-0.25, -0.2) is 8.42 Å². The van der Waals surface area contributed by atoms with E-state index in [0.29, 0.717) is 13.1 Å². The first kappa shape index (κ1) is 18.8. The summed E-state index contributed by atoms with van der Waals surface area (Å²) in [5.41, 5.74) is -0.157. The largest absolute Gasteiger partial charge is 0.341 e. The molecule has 0 saturated carbocycles. The molecule has 1 heterocycles. The quantitative estimate of drug-likeness (QED) is 0.558. The highest BCUT2D eigenvalue weighted by molar-refractivity contribution is 7.92. The van der Waals surface area contributed by atoms with Gasteiger partial charge in [-0.2, -0.15) is 0 Å². The Morgan fingerprint density at radius 1 is 1.07 bits per heavy atom. The second-order valence-corrected chi connectivity index (χ2v) is 8.05. The summed E-state index contributed by atoms with van der Waals surface area (Å²) in [5.74, 6) is -0.321. The van der Waals surface area contributed by atoms with Crippen LogP contribution >= 0.6 is 0 Å². The molecule has 27 heavy (non-hydrogen) atoms. The molecule has 0 unspecified atom stereocenters. The molecule has 0 N–H and O–H groups in total. The number of carbonyl (C=O) groups is 1. The van der Waals surface area contributed by atoms with Crippen LogP contribution in [0, 0.1) is 10.1 Å². The molecule has 0 bridgehead atoms. The Kier molecular flexibility index (Phi) is 5.41. The van der Waals surface area contributed by atoms with Crippen molar-refractivity contribution >= 4 is 27.3 Å². The number of rotatable bonds is 6. The summed E-state index contributed by atoms with van der Waals surface area (Å²) in [6, 6.07) is 13.0. The number of likely N-dealkylation sites (tertiary alicyclic amines) is 1. The fourth-order valence-electron chi connectivity index (χ4n) is 2.99. The first-order valence-electron chi connectivity index (χ1n) is 8.49. The molecule has 2 aromatic carbocycles. The third-order valence-electron chi connectivity index (χ3n) is 4.40. The average Bonchev–Trinajstić information content (AvgIpc) is 3.21. The number of anilines is 1. The van der Waals surface area contributed by atoms with E-state index in [4.69, 9.17) is 0 Å². The SMILES string of the molecule is O=C(CN(c1cccc([N+](=O)[O-])c1)S(=O)(=O)c1ccccc1)N1CCCC1. The minimum atomic E-state index is -4.06. The van der Waals surface area contributed by atoms with Crippen LogP contribution in [0.15, 0.2) is 59.5 Å². The van der Waals surface area contributed by atoms with Crippen LogP contribution in [0.3, 0.4) is 0 Å². The van der Waals surface area contributed by atoms with Gasteiger partial charge in [-0.05, 0) is 31.0 Å². The van der Waals surface area contributed by atoms with E-state index in [0.717, 1.165) is 23.2 Å². The molecule has 142 valence electrons. The molecule has 1 aliphatic heterocycles. The van der Waals surface area contributed by atoms with Crippen LogP contribution < -0.4 is 4.31 Å². The van der Waals surface area contributed by atoms with Crippen molar-refractivity contribution in [2.75, 3.05) is 23.9 Å². The second-order valence-electron chi connectivity index (χ2n) is 6.19. The van der Waals surface area contributed by atoms with Crippen LogP contribution in [-0.4, -0.2) is 43.8 Å². The average molecular weight is 389 g/mol. The number of benzene rings is 2. The van der Waals surface area contributed by atoms with Crippen LogP contribution in [0.1, 0.15) is 12.8 Å². The predicted octanol–water partition coefficient (Wildman–Crippen LogP) is 2.41. The smallest absolute Gasteiger partial charge is 0.271 e. The Balaban J connectivity index is 2.02. The molecular formula is C18H19N3O5S. The second kappa shape index (κ2) is 7.75. The topological polar surface area (TPSA) is 101 Å². The Bertz CT molecular complexity index is 940. The maximum atomic E-state index is 13.1. The minimum Gasteiger partial charge on any atom is -0.341 e. The zero-order valence-electron chi connectivity index (χ0n) is 14.5. The Labute approximate surface area is 157 Å². The normalized spacial score (nSPS) is 14.1. The van der Waals surface area contributed by atoms with Crippen molar-refractivity contribution < 1.29 is 18.1 Å².